The van der Waals surface area contributed by atoms with Crippen LogP contribution in [-0.2, 0) is 20.8 Å². The average Bonchev–Trinajstić information content (AvgIpc) is 3.06. The zero-order chi connectivity index (χ0) is 22.1. The van der Waals surface area contributed by atoms with Crippen LogP contribution in [0.15, 0.2) is 60.7 Å². The van der Waals surface area contributed by atoms with Gasteiger partial charge in [0.2, 0.25) is 0 Å². The molecule has 0 unspecified atom stereocenters. The Morgan fingerprint density at radius 1 is 1.00 bits per heavy atom. The first-order valence-corrected chi connectivity index (χ1v) is 11.0. The first-order chi connectivity index (χ1) is 15.0. The Morgan fingerprint density at radius 3 is 2.39 bits per heavy atom. The van der Waals surface area contributed by atoms with E-state index in [0.717, 1.165) is 31.2 Å². The van der Waals surface area contributed by atoms with E-state index in [1.165, 1.54) is 0 Å². The highest BCUT2D eigenvalue weighted by Gasteiger charge is 2.43. The fraction of sp³-hybridized carbons (Fsp3) is 0.480. The van der Waals surface area contributed by atoms with Crippen LogP contribution >= 0.6 is 0 Å². The van der Waals surface area contributed by atoms with E-state index in [9.17, 15) is 15.0 Å². The molecule has 1 heterocycles. The van der Waals surface area contributed by atoms with E-state index < -0.39 is 18.5 Å². The predicted octanol–water partition coefficient (Wildman–Crippen LogP) is 3.85. The SMILES string of the molecule is C[C@@H](CCCCC[C@H]1O[C@H](O)[C@H](O)[C@H]1OCc1ccccc1)OC(=O)c1ccccc1. The van der Waals surface area contributed by atoms with Crippen LogP contribution in [0.4, 0.5) is 0 Å². The van der Waals surface area contributed by atoms with Gasteiger partial charge < -0.3 is 24.4 Å². The molecule has 168 valence electrons. The van der Waals surface area contributed by atoms with Gasteiger partial charge in [0, 0.05) is 0 Å². The summed E-state index contributed by atoms with van der Waals surface area (Å²) in [7, 11) is 0. The van der Waals surface area contributed by atoms with Gasteiger partial charge in [-0.3, -0.25) is 0 Å². The van der Waals surface area contributed by atoms with Gasteiger partial charge in [-0.15, -0.1) is 0 Å². The molecule has 0 aromatic heterocycles. The summed E-state index contributed by atoms with van der Waals surface area (Å²) in [6.45, 7) is 2.26. The molecule has 0 saturated carbocycles. The van der Waals surface area contributed by atoms with Crippen molar-refractivity contribution in [2.24, 2.45) is 0 Å². The molecule has 2 aromatic rings. The van der Waals surface area contributed by atoms with Gasteiger partial charge in [-0.1, -0.05) is 61.4 Å². The van der Waals surface area contributed by atoms with Crippen LogP contribution in [0.5, 0.6) is 0 Å². The molecule has 1 aliphatic heterocycles. The number of esters is 1. The van der Waals surface area contributed by atoms with E-state index in [-0.39, 0.29) is 18.2 Å². The van der Waals surface area contributed by atoms with E-state index >= 15 is 0 Å². The van der Waals surface area contributed by atoms with Crippen molar-refractivity contribution in [2.75, 3.05) is 0 Å². The maximum atomic E-state index is 12.1. The molecule has 2 N–H and O–H groups in total. The molecular weight excluding hydrogens is 396 g/mol. The van der Waals surface area contributed by atoms with Gasteiger partial charge in [0.15, 0.2) is 6.29 Å². The van der Waals surface area contributed by atoms with Crippen molar-refractivity contribution in [3.05, 3.63) is 71.8 Å². The third-order valence-corrected chi connectivity index (χ3v) is 5.51. The van der Waals surface area contributed by atoms with Gasteiger partial charge >= 0.3 is 5.97 Å². The van der Waals surface area contributed by atoms with Gasteiger partial charge in [0.1, 0.15) is 12.2 Å². The number of aliphatic hydroxyl groups is 2. The highest BCUT2D eigenvalue weighted by atomic mass is 16.7. The van der Waals surface area contributed by atoms with Crippen molar-refractivity contribution in [1.29, 1.82) is 0 Å². The zero-order valence-corrected chi connectivity index (χ0v) is 17.9. The average molecular weight is 429 g/mol. The van der Waals surface area contributed by atoms with Crippen LogP contribution in [0.25, 0.3) is 0 Å². The molecule has 6 heteroatoms. The van der Waals surface area contributed by atoms with Crippen LogP contribution in [0.2, 0.25) is 0 Å². The van der Waals surface area contributed by atoms with E-state index in [1.54, 1.807) is 12.1 Å². The number of ether oxygens (including phenoxy) is 3. The summed E-state index contributed by atoms with van der Waals surface area (Å²) in [5.74, 6) is -0.297. The molecule has 1 aliphatic rings. The van der Waals surface area contributed by atoms with Crippen molar-refractivity contribution in [1.82, 2.24) is 0 Å². The molecule has 3 rings (SSSR count). The van der Waals surface area contributed by atoms with Gasteiger partial charge in [-0.05, 0) is 43.9 Å². The maximum absolute atomic E-state index is 12.1. The Kier molecular flexibility index (Phi) is 9.03. The van der Waals surface area contributed by atoms with E-state index in [0.29, 0.717) is 18.6 Å². The third kappa shape index (κ3) is 7.14. The van der Waals surface area contributed by atoms with Crippen molar-refractivity contribution in [2.45, 2.75) is 76.3 Å². The fourth-order valence-corrected chi connectivity index (χ4v) is 3.76. The second kappa shape index (κ2) is 12.0. The van der Waals surface area contributed by atoms with Crippen LogP contribution in [0.1, 0.15) is 54.9 Å². The molecule has 0 bridgehead atoms. The minimum absolute atomic E-state index is 0.152. The highest BCUT2D eigenvalue weighted by Crippen LogP contribution is 2.27. The second-order valence-electron chi connectivity index (χ2n) is 8.04. The number of carbonyl (C=O) groups excluding carboxylic acids is 1. The van der Waals surface area contributed by atoms with Crippen LogP contribution in [0.3, 0.4) is 0 Å². The molecular formula is C25H32O6. The Hall–Kier alpha value is -2.25. The zero-order valence-electron chi connectivity index (χ0n) is 17.9. The first-order valence-electron chi connectivity index (χ1n) is 11.0. The number of aliphatic hydroxyl groups excluding tert-OH is 2. The molecule has 1 saturated heterocycles. The van der Waals surface area contributed by atoms with Crippen LogP contribution in [-0.4, -0.2) is 46.9 Å². The summed E-state index contributed by atoms with van der Waals surface area (Å²) in [6.07, 6.45) is 0.865. The summed E-state index contributed by atoms with van der Waals surface area (Å²) in [5.41, 5.74) is 1.57. The van der Waals surface area contributed by atoms with Gasteiger partial charge in [-0.2, -0.15) is 0 Å². The van der Waals surface area contributed by atoms with Crippen LogP contribution in [0, 0.1) is 0 Å². The predicted molar refractivity (Wildman–Crippen MR) is 116 cm³/mol. The normalized spacial score (nSPS) is 24.1. The largest absolute Gasteiger partial charge is 0.459 e. The standard InChI is InChI=1S/C25H32O6/c1-18(30-24(27)20-14-8-4-9-15-20)11-5-2-10-16-21-23(22(26)25(28)31-21)29-17-19-12-6-3-7-13-19/h3-4,6-9,12-15,18,21-23,25-26,28H,2,5,10-11,16-17H2,1H3/t18-,21+,22+,23-,25-/m0/s1. The molecule has 0 spiro atoms. The number of hydrogen-bond acceptors (Lipinski definition) is 6. The van der Waals surface area contributed by atoms with Gasteiger partial charge in [0.05, 0.1) is 24.4 Å². The summed E-state index contributed by atoms with van der Waals surface area (Å²) >= 11 is 0. The minimum Gasteiger partial charge on any atom is -0.459 e. The van der Waals surface area contributed by atoms with E-state index in [4.69, 9.17) is 14.2 Å². The second-order valence-corrected chi connectivity index (χ2v) is 8.04. The number of benzene rings is 2. The number of rotatable bonds is 11. The highest BCUT2D eigenvalue weighted by molar-refractivity contribution is 5.89. The number of hydrogen-bond donors (Lipinski definition) is 2. The van der Waals surface area contributed by atoms with Crippen molar-refractivity contribution in [3.8, 4) is 0 Å². The molecule has 0 amide bonds. The topological polar surface area (TPSA) is 85.2 Å². The van der Waals surface area contributed by atoms with Crippen molar-refractivity contribution < 1.29 is 29.2 Å². The summed E-state index contributed by atoms with van der Waals surface area (Å²) in [5, 5.41) is 20.1. The summed E-state index contributed by atoms with van der Waals surface area (Å²) < 4.78 is 16.9. The molecule has 31 heavy (non-hydrogen) atoms. The Bertz CT molecular complexity index is 781. The lowest BCUT2D eigenvalue weighted by atomic mass is 10.0. The smallest absolute Gasteiger partial charge is 0.338 e. The number of carbonyl (C=O) groups is 1. The Balaban J connectivity index is 1.35. The lowest BCUT2D eigenvalue weighted by molar-refractivity contribution is -0.128. The molecule has 2 aromatic carbocycles. The van der Waals surface area contributed by atoms with Gasteiger partial charge in [0.25, 0.3) is 0 Å². The lowest BCUT2D eigenvalue weighted by Gasteiger charge is -2.21. The van der Waals surface area contributed by atoms with E-state index in [1.807, 2.05) is 55.5 Å². The summed E-state index contributed by atoms with van der Waals surface area (Å²) in [6, 6.07) is 18.7. The van der Waals surface area contributed by atoms with Gasteiger partial charge in [-0.25, -0.2) is 4.79 Å². The lowest BCUT2D eigenvalue weighted by Crippen LogP contribution is -2.35. The monoisotopic (exact) mass is 428 g/mol. The minimum atomic E-state index is -1.22. The first kappa shape index (κ1) is 23.4. The molecule has 6 nitrogen and oxygen atoms in total. The number of unbranched alkanes of at least 4 members (excludes halogenated alkanes) is 2. The molecule has 0 radical (unpaired) electrons. The van der Waals surface area contributed by atoms with E-state index in [2.05, 4.69) is 0 Å². The van der Waals surface area contributed by atoms with Crippen LogP contribution < -0.4 is 0 Å². The third-order valence-electron chi connectivity index (χ3n) is 5.51. The fourth-order valence-electron chi connectivity index (χ4n) is 3.76. The molecule has 0 aliphatic carbocycles. The quantitative estimate of drug-likeness (QED) is 0.418. The maximum Gasteiger partial charge on any atom is 0.338 e. The Morgan fingerprint density at radius 2 is 1.68 bits per heavy atom. The Labute approximate surface area is 183 Å². The summed E-state index contributed by atoms with van der Waals surface area (Å²) in [4.78, 5) is 12.1. The molecule has 5 atom stereocenters. The van der Waals surface area contributed by atoms with Crippen molar-refractivity contribution in [3.63, 3.8) is 0 Å². The molecule has 1 fully saturated rings. The van der Waals surface area contributed by atoms with Crippen molar-refractivity contribution >= 4 is 5.97 Å².